The largest absolute Gasteiger partial charge is 0.329 e. The van der Waals surface area contributed by atoms with Crippen molar-refractivity contribution in [2.45, 2.75) is 25.4 Å². The van der Waals surface area contributed by atoms with Gasteiger partial charge >= 0.3 is 0 Å². The van der Waals surface area contributed by atoms with Gasteiger partial charge in [0, 0.05) is 29.4 Å². The first-order valence-electron chi connectivity index (χ1n) is 9.25. The zero-order valence-corrected chi connectivity index (χ0v) is 16.0. The van der Waals surface area contributed by atoms with Crippen LogP contribution in [0.4, 0.5) is 5.69 Å². The van der Waals surface area contributed by atoms with E-state index in [2.05, 4.69) is 5.32 Å². The highest BCUT2D eigenvalue weighted by molar-refractivity contribution is 6.30. The molecule has 2 aliphatic heterocycles. The number of carbonyl (C=O) groups excluding carboxylic acids is 3. The molecule has 4 rings (SSSR count). The lowest BCUT2D eigenvalue weighted by Gasteiger charge is -2.36. The van der Waals surface area contributed by atoms with Crippen molar-refractivity contribution in [1.82, 2.24) is 9.80 Å². The smallest absolute Gasteiger partial charge is 0.255 e. The standard InChI is InChI=1S/C21H20ClN3O3/c22-16-7-9-17(10-8-16)23-20(27)15-5-3-14(4-6-15)12-24-13-19(26)25-11-1-2-18(25)21(24)28/h3-10,18H,1-2,11-13H2,(H,23,27)/t18-/m1/s1. The summed E-state index contributed by atoms with van der Waals surface area (Å²) in [4.78, 5) is 40.5. The van der Waals surface area contributed by atoms with Crippen molar-refractivity contribution in [1.29, 1.82) is 0 Å². The summed E-state index contributed by atoms with van der Waals surface area (Å²) in [5, 5.41) is 3.42. The predicted molar refractivity (Wildman–Crippen MR) is 106 cm³/mol. The number of nitrogens with one attached hydrogen (secondary N) is 1. The summed E-state index contributed by atoms with van der Waals surface area (Å²) >= 11 is 5.85. The molecule has 0 spiro atoms. The Bertz CT molecular complexity index is 911. The first-order chi connectivity index (χ1) is 13.5. The molecule has 2 aromatic carbocycles. The van der Waals surface area contributed by atoms with Crippen LogP contribution in [0.25, 0.3) is 0 Å². The fourth-order valence-corrected chi connectivity index (χ4v) is 3.84. The van der Waals surface area contributed by atoms with Crippen molar-refractivity contribution in [2.75, 3.05) is 18.4 Å². The van der Waals surface area contributed by atoms with Crippen molar-refractivity contribution in [3.8, 4) is 0 Å². The van der Waals surface area contributed by atoms with E-state index in [1.807, 2.05) is 12.1 Å². The van der Waals surface area contributed by atoms with Crippen molar-refractivity contribution in [2.24, 2.45) is 0 Å². The number of piperazine rings is 1. The van der Waals surface area contributed by atoms with Gasteiger partial charge in [0.05, 0.1) is 0 Å². The van der Waals surface area contributed by atoms with Crippen LogP contribution in [0.3, 0.4) is 0 Å². The minimum absolute atomic E-state index is 0.0149. The van der Waals surface area contributed by atoms with E-state index in [-0.39, 0.29) is 30.3 Å². The zero-order chi connectivity index (χ0) is 19.7. The molecule has 0 aliphatic carbocycles. The Labute approximate surface area is 168 Å². The molecule has 3 amide bonds. The number of halogens is 1. The minimum Gasteiger partial charge on any atom is -0.329 e. The number of benzene rings is 2. The van der Waals surface area contributed by atoms with Gasteiger partial charge in [-0.25, -0.2) is 0 Å². The average Bonchev–Trinajstić information content (AvgIpc) is 3.19. The minimum atomic E-state index is -0.300. The topological polar surface area (TPSA) is 69.7 Å². The third-order valence-electron chi connectivity index (χ3n) is 5.19. The Hall–Kier alpha value is -2.86. The van der Waals surface area contributed by atoms with Crippen molar-refractivity contribution < 1.29 is 14.4 Å². The quantitative estimate of drug-likeness (QED) is 0.862. The van der Waals surface area contributed by atoms with E-state index in [0.29, 0.717) is 29.4 Å². The average molecular weight is 398 g/mol. The number of carbonyl (C=O) groups is 3. The maximum Gasteiger partial charge on any atom is 0.255 e. The number of fused-ring (bicyclic) bond motifs is 1. The molecule has 0 bridgehead atoms. The van der Waals surface area contributed by atoms with Crippen LogP contribution in [0, 0.1) is 0 Å². The molecule has 2 aromatic rings. The van der Waals surface area contributed by atoms with Crippen LogP contribution in [0.5, 0.6) is 0 Å². The molecule has 2 aliphatic rings. The molecule has 7 heteroatoms. The van der Waals surface area contributed by atoms with Gasteiger partial charge in [-0.1, -0.05) is 23.7 Å². The zero-order valence-electron chi connectivity index (χ0n) is 15.2. The Morgan fingerprint density at radius 1 is 1.07 bits per heavy atom. The third-order valence-corrected chi connectivity index (χ3v) is 5.44. The highest BCUT2D eigenvalue weighted by Crippen LogP contribution is 2.24. The highest BCUT2D eigenvalue weighted by atomic mass is 35.5. The van der Waals surface area contributed by atoms with Gasteiger partial charge < -0.3 is 15.1 Å². The highest BCUT2D eigenvalue weighted by Gasteiger charge is 2.41. The molecular formula is C21H20ClN3O3. The first-order valence-corrected chi connectivity index (χ1v) is 9.63. The molecule has 0 radical (unpaired) electrons. The van der Waals surface area contributed by atoms with E-state index in [9.17, 15) is 14.4 Å². The van der Waals surface area contributed by atoms with Gasteiger partial charge in [-0.05, 0) is 54.8 Å². The molecule has 0 aromatic heterocycles. The first kappa shape index (κ1) is 18.5. The van der Waals surface area contributed by atoms with E-state index >= 15 is 0 Å². The molecule has 1 atom stereocenters. The van der Waals surface area contributed by atoms with Crippen molar-refractivity contribution in [3.05, 3.63) is 64.7 Å². The molecule has 28 heavy (non-hydrogen) atoms. The van der Waals surface area contributed by atoms with Gasteiger partial charge in [0.2, 0.25) is 11.8 Å². The van der Waals surface area contributed by atoms with Crippen LogP contribution in [0.1, 0.15) is 28.8 Å². The van der Waals surface area contributed by atoms with Gasteiger partial charge in [-0.3, -0.25) is 14.4 Å². The second kappa shape index (κ2) is 7.64. The molecule has 0 saturated carbocycles. The molecule has 2 heterocycles. The lowest BCUT2D eigenvalue weighted by atomic mass is 10.1. The molecule has 2 fully saturated rings. The molecule has 0 unspecified atom stereocenters. The number of nitrogens with zero attached hydrogens (tertiary/aromatic N) is 2. The van der Waals surface area contributed by atoms with Gasteiger partial charge in [0.25, 0.3) is 5.91 Å². The second-order valence-electron chi connectivity index (χ2n) is 7.10. The Morgan fingerprint density at radius 2 is 1.79 bits per heavy atom. The predicted octanol–water partition coefficient (Wildman–Crippen LogP) is 2.93. The monoisotopic (exact) mass is 397 g/mol. The van der Waals surface area contributed by atoms with Gasteiger partial charge in [0.1, 0.15) is 12.6 Å². The van der Waals surface area contributed by atoms with Crippen LogP contribution in [-0.2, 0) is 16.1 Å². The summed E-state index contributed by atoms with van der Waals surface area (Å²) in [5.74, 6) is -0.192. The maximum atomic E-state index is 12.6. The lowest BCUT2D eigenvalue weighted by Crippen LogP contribution is -2.56. The number of rotatable bonds is 4. The fourth-order valence-electron chi connectivity index (χ4n) is 3.72. The number of hydrogen-bond acceptors (Lipinski definition) is 3. The van der Waals surface area contributed by atoms with E-state index in [1.165, 1.54) is 0 Å². The van der Waals surface area contributed by atoms with Crippen molar-refractivity contribution >= 4 is 35.0 Å². The maximum absolute atomic E-state index is 12.6. The summed E-state index contributed by atoms with van der Waals surface area (Å²) in [5.41, 5.74) is 2.06. The molecule has 6 nitrogen and oxygen atoms in total. The van der Waals surface area contributed by atoms with Gasteiger partial charge in [-0.15, -0.1) is 0 Å². The van der Waals surface area contributed by atoms with E-state index < -0.39 is 0 Å². The third kappa shape index (κ3) is 3.73. The SMILES string of the molecule is O=C(Nc1ccc(Cl)cc1)c1ccc(CN2CC(=O)N3CCC[C@@H]3C2=O)cc1. The fraction of sp³-hybridized carbons (Fsp3) is 0.286. The molecular weight excluding hydrogens is 378 g/mol. The van der Waals surface area contributed by atoms with Crippen LogP contribution in [0.2, 0.25) is 5.02 Å². The Kier molecular flexibility index (Phi) is 5.05. The Morgan fingerprint density at radius 3 is 2.50 bits per heavy atom. The Balaban J connectivity index is 1.40. The summed E-state index contributed by atoms with van der Waals surface area (Å²) in [6.45, 7) is 1.17. The summed E-state index contributed by atoms with van der Waals surface area (Å²) in [6.07, 6.45) is 1.62. The molecule has 1 N–H and O–H groups in total. The van der Waals surface area contributed by atoms with Crippen molar-refractivity contribution in [3.63, 3.8) is 0 Å². The molecule has 144 valence electrons. The molecule has 2 saturated heterocycles. The number of hydrogen-bond donors (Lipinski definition) is 1. The summed E-state index contributed by atoms with van der Waals surface area (Å²) in [6, 6.07) is 13.7. The van der Waals surface area contributed by atoms with Gasteiger partial charge in [-0.2, -0.15) is 0 Å². The number of anilines is 1. The van der Waals surface area contributed by atoms with Crippen LogP contribution in [0.15, 0.2) is 48.5 Å². The van der Waals surface area contributed by atoms with Crippen LogP contribution >= 0.6 is 11.6 Å². The summed E-state index contributed by atoms with van der Waals surface area (Å²) < 4.78 is 0. The second-order valence-corrected chi connectivity index (χ2v) is 7.53. The van der Waals surface area contributed by atoms with Gasteiger partial charge in [0.15, 0.2) is 0 Å². The lowest BCUT2D eigenvalue weighted by molar-refractivity contribution is -0.154. The van der Waals surface area contributed by atoms with Crippen LogP contribution < -0.4 is 5.32 Å². The normalized spacial score (nSPS) is 19.0. The van der Waals surface area contributed by atoms with E-state index in [0.717, 1.165) is 18.4 Å². The number of amides is 3. The van der Waals surface area contributed by atoms with E-state index in [1.54, 1.807) is 46.2 Å². The summed E-state index contributed by atoms with van der Waals surface area (Å²) in [7, 11) is 0. The van der Waals surface area contributed by atoms with E-state index in [4.69, 9.17) is 11.6 Å². The van der Waals surface area contributed by atoms with Crippen LogP contribution in [-0.4, -0.2) is 46.7 Å².